The van der Waals surface area contributed by atoms with Gasteiger partial charge in [-0.3, -0.25) is 9.59 Å². The fourth-order valence-corrected chi connectivity index (χ4v) is 7.54. The fraction of sp³-hybridized carbons (Fsp3) is 0.773. The summed E-state index contributed by atoms with van der Waals surface area (Å²) in [5.41, 5.74) is 0.775. The van der Waals surface area contributed by atoms with Crippen molar-refractivity contribution in [2.24, 2.45) is 34.0 Å². The summed E-state index contributed by atoms with van der Waals surface area (Å²) in [7, 11) is 0. The van der Waals surface area contributed by atoms with Gasteiger partial charge in [-0.2, -0.15) is 0 Å². The van der Waals surface area contributed by atoms with Crippen molar-refractivity contribution in [2.75, 3.05) is 0 Å². The summed E-state index contributed by atoms with van der Waals surface area (Å²) >= 11 is 0. The average molecular weight is 342 g/mol. The van der Waals surface area contributed by atoms with Gasteiger partial charge in [-0.15, -0.1) is 0 Å². The van der Waals surface area contributed by atoms with Crippen molar-refractivity contribution in [3.63, 3.8) is 0 Å². The van der Waals surface area contributed by atoms with E-state index in [9.17, 15) is 14.4 Å². The molecule has 0 spiro atoms. The highest BCUT2D eigenvalue weighted by molar-refractivity contribution is 5.92. The standard InChI is InChI=1S/C22H30O3/c1-14(24)17-6-7-18-19-5-4-15-12-16(25)8-9-21(15,3)22(19,13-23)11-10-20(17,18)2/h12-13,17-19H,4-11H2,1-3H3. The maximum absolute atomic E-state index is 12.6. The monoisotopic (exact) mass is 342 g/mol. The van der Waals surface area contributed by atoms with Crippen molar-refractivity contribution in [1.82, 2.24) is 0 Å². The first-order valence-corrected chi connectivity index (χ1v) is 9.99. The minimum absolute atomic E-state index is 0.0606. The lowest BCUT2D eigenvalue weighted by molar-refractivity contribution is -0.155. The quantitative estimate of drug-likeness (QED) is 0.703. The van der Waals surface area contributed by atoms with Crippen molar-refractivity contribution >= 4 is 17.9 Å². The molecule has 25 heavy (non-hydrogen) atoms. The Morgan fingerprint density at radius 3 is 2.52 bits per heavy atom. The summed E-state index contributed by atoms with van der Waals surface area (Å²) in [6, 6.07) is 0. The number of aldehydes is 1. The molecule has 0 radical (unpaired) electrons. The van der Waals surface area contributed by atoms with Gasteiger partial charge in [0.1, 0.15) is 12.1 Å². The Hall–Kier alpha value is -1.25. The normalized spacial score (nSPS) is 48.8. The minimum Gasteiger partial charge on any atom is -0.303 e. The van der Waals surface area contributed by atoms with E-state index in [1.54, 1.807) is 6.92 Å². The van der Waals surface area contributed by atoms with Crippen LogP contribution >= 0.6 is 0 Å². The van der Waals surface area contributed by atoms with Crippen LogP contribution in [0.2, 0.25) is 0 Å². The Morgan fingerprint density at radius 2 is 1.84 bits per heavy atom. The highest BCUT2D eigenvalue weighted by Crippen LogP contribution is 2.71. The van der Waals surface area contributed by atoms with E-state index in [1.165, 1.54) is 11.9 Å². The van der Waals surface area contributed by atoms with Gasteiger partial charge in [0.05, 0.1) is 0 Å². The van der Waals surface area contributed by atoms with Crippen molar-refractivity contribution in [2.45, 2.75) is 72.1 Å². The lowest BCUT2D eigenvalue weighted by atomic mass is 9.40. The summed E-state index contributed by atoms with van der Waals surface area (Å²) in [5.74, 6) is 1.55. The van der Waals surface area contributed by atoms with Crippen molar-refractivity contribution in [3.05, 3.63) is 11.6 Å². The zero-order chi connectivity index (χ0) is 18.0. The molecule has 0 aromatic rings. The average Bonchev–Trinajstić information content (AvgIpc) is 2.92. The van der Waals surface area contributed by atoms with E-state index in [0.29, 0.717) is 24.0 Å². The SMILES string of the molecule is CC(=O)C1CCC2C3CCC4=CC(=O)CCC4(C)C3(C=O)CCC12C. The van der Waals surface area contributed by atoms with Crippen LogP contribution in [0.3, 0.4) is 0 Å². The molecule has 4 aliphatic carbocycles. The number of carbonyl (C=O) groups excluding carboxylic acids is 3. The summed E-state index contributed by atoms with van der Waals surface area (Å²) < 4.78 is 0. The number of hydrogen-bond donors (Lipinski definition) is 0. The van der Waals surface area contributed by atoms with Gasteiger partial charge in [-0.05, 0) is 75.2 Å². The first kappa shape index (κ1) is 17.2. The highest BCUT2D eigenvalue weighted by atomic mass is 16.1. The molecule has 0 N–H and O–H groups in total. The van der Waals surface area contributed by atoms with E-state index in [1.807, 2.05) is 6.08 Å². The molecule has 3 nitrogen and oxygen atoms in total. The van der Waals surface area contributed by atoms with Crippen LogP contribution in [-0.2, 0) is 14.4 Å². The molecule has 0 aliphatic heterocycles. The molecule has 4 rings (SSSR count). The van der Waals surface area contributed by atoms with Crippen LogP contribution < -0.4 is 0 Å². The predicted octanol–water partition coefficient (Wildman–Crippen LogP) is 4.29. The molecule has 6 unspecified atom stereocenters. The number of hydrogen-bond acceptors (Lipinski definition) is 3. The first-order valence-electron chi connectivity index (χ1n) is 9.99. The number of allylic oxidation sites excluding steroid dienone is 1. The molecule has 6 atom stereocenters. The zero-order valence-corrected chi connectivity index (χ0v) is 15.8. The number of carbonyl (C=O) groups is 3. The smallest absolute Gasteiger partial charge is 0.155 e. The fourth-order valence-electron chi connectivity index (χ4n) is 7.54. The Balaban J connectivity index is 1.78. The minimum atomic E-state index is -0.340. The van der Waals surface area contributed by atoms with Crippen LogP contribution in [0.15, 0.2) is 11.6 Å². The van der Waals surface area contributed by atoms with Crippen LogP contribution in [0.5, 0.6) is 0 Å². The largest absolute Gasteiger partial charge is 0.303 e. The van der Waals surface area contributed by atoms with Crippen molar-refractivity contribution in [3.8, 4) is 0 Å². The maximum atomic E-state index is 12.6. The maximum Gasteiger partial charge on any atom is 0.155 e. The van der Waals surface area contributed by atoms with Gasteiger partial charge in [0, 0.05) is 23.2 Å². The highest BCUT2D eigenvalue weighted by Gasteiger charge is 2.66. The third-order valence-corrected chi connectivity index (χ3v) is 9.00. The number of ketones is 2. The summed E-state index contributed by atoms with van der Waals surface area (Å²) in [6.45, 7) is 6.30. The van der Waals surface area contributed by atoms with Gasteiger partial charge in [0.15, 0.2) is 5.78 Å². The van der Waals surface area contributed by atoms with Gasteiger partial charge in [-0.25, -0.2) is 0 Å². The topological polar surface area (TPSA) is 51.2 Å². The molecule has 0 heterocycles. The third-order valence-electron chi connectivity index (χ3n) is 9.00. The van der Waals surface area contributed by atoms with E-state index < -0.39 is 0 Å². The van der Waals surface area contributed by atoms with Gasteiger partial charge in [0.25, 0.3) is 0 Å². The molecule has 0 saturated heterocycles. The lowest BCUT2D eigenvalue weighted by Crippen LogP contribution is -2.59. The van der Waals surface area contributed by atoms with Gasteiger partial charge in [0.2, 0.25) is 0 Å². The van der Waals surface area contributed by atoms with Crippen molar-refractivity contribution in [1.29, 1.82) is 0 Å². The van der Waals surface area contributed by atoms with E-state index in [0.717, 1.165) is 44.9 Å². The van der Waals surface area contributed by atoms with Gasteiger partial charge < -0.3 is 4.79 Å². The van der Waals surface area contributed by atoms with E-state index >= 15 is 0 Å². The summed E-state index contributed by atoms with van der Waals surface area (Å²) in [5, 5.41) is 0. The molecule has 136 valence electrons. The van der Waals surface area contributed by atoms with E-state index in [2.05, 4.69) is 13.8 Å². The number of fused-ring (bicyclic) bond motifs is 5. The van der Waals surface area contributed by atoms with Crippen LogP contribution in [0.1, 0.15) is 72.1 Å². The van der Waals surface area contributed by atoms with Crippen LogP contribution in [-0.4, -0.2) is 17.9 Å². The van der Waals surface area contributed by atoms with Gasteiger partial charge >= 0.3 is 0 Å². The molecule has 0 amide bonds. The summed E-state index contributed by atoms with van der Waals surface area (Å²) in [4.78, 5) is 36.8. The second-order valence-electron chi connectivity index (χ2n) is 9.62. The van der Waals surface area contributed by atoms with Gasteiger partial charge in [-0.1, -0.05) is 19.4 Å². The second-order valence-corrected chi connectivity index (χ2v) is 9.62. The second kappa shape index (κ2) is 5.37. The molecule has 3 heteroatoms. The third kappa shape index (κ3) is 2.01. The molecule has 0 bridgehead atoms. The van der Waals surface area contributed by atoms with E-state index in [-0.39, 0.29) is 27.9 Å². The molecule has 0 aromatic carbocycles. The Labute approximate surface area is 150 Å². The van der Waals surface area contributed by atoms with Crippen LogP contribution in [0.4, 0.5) is 0 Å². The Kier molecular flexibility index (Phi) is 3.69. The molecule has 4 aliphatic rings. The Bertz CT molecular complexity index is 677. The zero-order valence-electron chi connectivity index (χ0n) is 15.8. The van der Waals surface area contributed by atoms with E-state index in [4.69, 9.17) is 0 Å². The number of rotatable bonds is 2. The van der Waals surface area contributed by atoms with Crippen molar-refractivity contribution < 1.29 is 14.4 Å². The lowest BCUT2D eigenvalue weighted by Gasteiger charge is -2.63. The van der Waals surface area contributed by atoms with Crippen LogP contribution in [0, 0.1) is 34.0 Å². The number of Topliss-reactive ketones (excluding diaryl/α,β-unsaturated/α-hetero) is 1. The molecular weight excluding hydrogens is 312 g/mol. The molecular formula is C22H30O3. The molecule has 3 fully saturated rings. The van der Waals surface area contributed by atoms with Crippen LogP contribution in [0.25, 0.3) is 0 Å². The molecule has 3 saturated carbocycles. The molecule has 0 aromatic heterocycles. The Morgan fingerprint density at radius 1 is 1.08 bits per heavy atom. The predicted molar refractivity (Wildman–Crippen MR) is 95.9 cm³/mol. The summed E-state index contributed by atoms with van der Waals surface area (Å²) in [6.07, 6.45) is 10.3. The first-order chi connectivity index (χ1) is 11.8.